The molecule has 0 saturated carbocycles. The summed E-state index contributed by atoms with van der Waals surface area (Å²) in [6.45, 7) is 4.00. The Labute approximate surface area is 248 Å². The molecule has 0 amide bonds. The van der Waals surface area contributed by atoms with E-state index in [4.69, 9.17) is 4.74 Å². The lowest BCUT2D eigenvalue weighted by atomic mass is 9.77. The van der Waals surface area contributed by atoms with E-state index >= 15 is 0 Å². The van der Waals surface area contributed by atoms with Crippen LogP contribution in [0.3, 0.4) is 0 Å². The van der Waals surface area contributed by atoms with Crippen molar-refractivity contribution in [1.29, 1.82) is 0 Å². The maximum Gasteiger partial charge on any atom is 0.376 e. The zero-order chi connectivity index (χ0) is 29.6. The Kier molecular flexibility index (Phi) is 6.35. The molecule has 0 aliphatic carbocycles. The van der Waals surface area contributed by atoms with Crippen LogP contribution >= 0.6 is 0 Å². The van der Waals surface area contributed by atoms with Crippen LogP contribution in [0.1, 0.15) is 38.7 Å². The third-order valence-corrected chi connectivity index (χ3v) is 7.93. The highest BCUT2D eigenvalue weighted by molar-refractivity contribution is 6.02. The third kappa shape index (κ3) is 4.28. The van der Waals surface area contributed by atoms with E-state index in [1.807, 2.05) is 44.2 Å². The summed E-state index contributed by atoms with van der Waals surface area (Å²) < 4.78 is 7.16. The molecule has 7 rings (SSSR count). The van der Waals surface area contributed by atoms with Gasteiger partial charge in [0.05, 0.1) is 29.4 Å². The van der Waals surface area contributed by atoms with Crippen molar-refractivity contribution in [2.75, 3.05) is 7.11 Å². The summed E-state index contributed by atoms with van der Waals surface area (Å²) in [4.78, 5) is 26.1. The first-order chi connectivity index (χ1) is 21.0. The monoisotopic (exact) mass is 563 g/mol. The number of imidazole rings is 1. The van der Waals surface area contributed by atoms with Crippen LogP contribution in [0.4, 0.5) is 0 Å². The van der Waals surface area contributed by atoms with E-state index < -0.39 is 11.5 Å². The Morgan fingerprint density at radius 1 is 0.698 bits per heavy atom. The summed E-state index contributed by atoms with van der Waals surface area (Å²) in [5.41, 5.74) is 8.35. The topological polar surface area (TPSA) is 85.7 Å². The van der Waals surface area contributed by atoms with Crippen LogP contribution in [0.5, 0.6) is 0 Å². The van der Waals surface area contributed by atoms with Crippen LogP contribution in [-0.2, 0) is 10.3 Å². The molecule has 3 aromatic heterocycles. The van der Waals surface area contributed by atoms with E-state index in [1.54, 1.807) is 0 Å². The molecular formula is C36H29N5O2. The van der Waals surface area contributed by atoms with Gasteiger partial charge in [-0.3, -0.25) is 14.8 Å². The molecule has 0 aliphatic rings. The van der Waals surface area contributed by atoms with Gasteiger partial charge in [0.25, 0.3) is 0 Å². The molecule has 0 saturated heterocycles. The number of carbonyl (C=O) groups is 1. The van der Waals surface area contributed by atoms with Crippen LogP contribution < -0.4 is 0 Å². The molecule has 7 nitrogen and oxygen atoms in total. The largest absolute Gasteiger partial charge is 0.463 e. The smallest absolute Gasteiger partial charge is 0.376 e. The van der Waals surface area contributed by atoms with Gasteiger partial charge >= 0.3 is 5.97 Å². The molecule has 0 radical (unpaired) electrons. The normalized spacial score (nSPS) is 11.7. The number of aromatic nitrogens is 5. The summed E-state index contributed by atoms with van der Waals surface area (Å²) in [6, 6.07) is 39.7. The number of esters is 1. The average Bonchev–Trinajstić information content (AvgIpc) is 3.63. The number of methoxy groups -OCH3 is 1. The van der Waals surface area contributed by atoms with Crippen molar-refractivity contribution in [1.82, 2.24) is 24.7 Å². The molecule has 1 N–H and O–H groups in total. The zero-order valence-corrected chi connectivity index (χ0v) is 24.1. The molecule has 7 heteroatoms. The molecule has 0 bridgehead atoms. The predicted octanol–water partition coefficient (Wildman–Crippen LogP) is 7.22. The first-order valence-electron chi connectivity index (χ1n) is 14.1. The van der Waals surface area contributed by atoms with Crippen LogP contribution in [-0.4, -0.2) is 37.8 Å². The molecule has 0 fully saturated rings. The molecule has 0 spiro atoms. The Hall–Kier alpha value is -5.56. The zero-order valence-electron chi connectivity index (χ0n) is 24.1. The quantitative estimate of drug-likeness (QED) is 0.171. The number of carbonyl (C=O) groups excluding carboxylic acids is 1. The number of aromatic amines is 1. The molecule has 4 aromatic carbocycles. The van der Waals surface area contributed by atoms with Crippen molar-refractivity contribution in [3.63, 3.8) is 0 Å². The molecule has 3 heterocycles. The number of fused-ring (bicyclic) bond motifs is 2. The van der Waals surface area contributed by atoms with E-state index in [9.17, 15) is 4.79 Å². The minimum atomic E-state index is -0.795. The van der Waals surface area contributed by atoms with Gasteiger partial charge in [-0.15, -0.1) is 0 Å². The van der Waals surface area contributed by atoms with Crippen molar-refractivity contribution >= 4 is 27.9 Å². The molecule has 0 atom stereocenters. The lowest BCUT2D eigenvalue weighted by Crippen LogP contribution is -2.38. The number of pyridine rings is 1. The molecule has 0 unspecified atom stereocenters. The van der Waals surface area contributed by atoms with E-state index in [0.29, 0.717) is 11.0 Å². The van der Waals surface area contributed by atoms with Crippen molar-refractivity contribution in [2.24, 2.45) is 0 Å². The number of nitrogens with one attached hydrogen (secondary N) is 1. The minimum absolute atomic E-state index is 0.0401. The molecular weight excluding hydrogens is 534 g/mol. The fraction of sp³-hybridized carbons (Fsp3) is 0.111. The van der Waals surface area contributed by atoms with Crippen LogP contribution in [0.15, 0.2) is 115 Å². The lowest BCUT2D eigenvalue weighted by molar-refractivity contribution is 0.0588. The van der Waals surface area contributed by atoms with Crippen LogP contribution in [0.25, 0.3) is 33.2 Å². The minimum Gasteiger partial charge on any atom is -0.463 e. The number of hydrogen-bond acceptors (Lipinski definition) is 5. The molecule has 210 valence electrons. The number of ether oxygens (including phenoxy) is 1. The molecule has 43 heavy (non-hydrogen) atoms. The summed E-state index contributed by atoms with van der Waals surface area (Å²) in [7, 11) is 1.34. The summed E-state index contributed by atoms with van der Waals surface area (Å²) in [5.74, 6) is -0.526. The fourth-order valence-electron chi connectivity index (χ4n) is 6.19. The molecule has 7 aromatic rings. The van der Waals surface area contributed by atoms with Gasteiger partial charge in [0, 0.05) is 22.3 Å². The van der Waals surface area contributed by atoms with Gasteiger partial charge in [0.1, 0.15) is 5.54 Å². The number of hydrogen-bond donors (Lipinski definition) is 1. The van der Waals surface area contributed by atoms with Gasteiger partial charge in [0.15, 0.2) is 0 Å². The van der Waals surface area contributed by atoms with E-state index in [0.717, 1.165) is 50.2 Å². The lowest BCUT2D eigenvalue weighted by Gasteiger charge is -2.37. The van der Waals surface area contributed by atoms with Crippen molar-refractivity contribution in [3.05, 3.63) is 149 Å². The maximum atomic E-state index is 12.4. The average molecular weight is 564 g/mol. The highest BCUT2D eigenvalue weighted by atomic mass is 16.5. The van der Waals surface area contributed by atoms with Gasteiger partial charge in [-0.1, -0.05) is 91.0 Å². The Morgan fingerprint density at radius 2 is 1.19 bits per heavy atom. The van der Waals surface area contributed by atoms with E-state index in [2.05, 4.69) is 110 Å². The van der Waals surface area contributed by atoms with Crippen LogP contribution in [0, 0.1) is 13.8 Å². The summed E-state index contributed by atoms with van der Waals surface area (Å²) in [6.07, 6.45) is 0. The van der Waals surface area contributed by atoms with Gasteiger partial charge in [-0.2, -0.15) is 0 Å². The Bertz CT molecular complexity index is 1980. The van der Waals surface area contributed by atoms with Gasteiger partial charge in [-0.05, 0) is 54.8 Å². The second kappa shape index (κ2) is 10.4. The summed E-state index contributed by atoms with van der Waals surface area (Å²) in [5, 5.41) is 4.80. The second-order valence-corrected chi connectivity index (χ2v) is 10.7. The van der Waals surface area contributed by atoms with Crippen molar-refractivity contribution < 1.29 is 9.53 Å². The SMILES string of the molecule is COC(=O)c1nc2cc3c(-c4cc(C)nc(C)c4)[nH]n(C(c4ccccc4)(c4ccccc4)c4ccccc4)c3cc2n1. The number of nitrogens with zero attached hydrogens (tertiary/aromatic N) is 4. The number of aryl methyl sites for hydroxylation is 2. The van der Waals surface area contributed by atoms with Crippen LogP contribution in [0.2, 0.25) is 0 Å². The predicted molar refractivity (Wildman–Crippen MR) is 168 cm³/mol. The van der Waals surface area contributed by atoms with Crippen molar-refractivity contribution in [3.8, 4) is 11.3 Å². The highest BCUT2D eigenvalue weighted by Crippen LogP contribution is 2.44. The number of benzene rings is 4. The van der Waals surface area contributed by atoms with Gasteiger partial charge in [-0.25, -0.2) is 14.8 Å². The second-order valence-electron chi connectivity index (χ2n) is 10.7. The Morgan fingerprint density at radius 3 is 1.67 bits per heavy atom. The maximum absolute atomic E-state index is 12.4. The summed E-state index contributed by atoms with van der Waals surface area (Å²) >= 11 is 0. The van der Waals surface area contributed by atoms with Crippen molar-refractivity contribution in [2.45, 2.75) is 19.4 Å². The molecule has 0 aliphatic heterocycles. The fourth-order valence-corrected chi connectivity index (χ4v) is 6.19. The van der Waals surface area contributed by atoms with Gasteiger partial charge in [0.2, 0.25) is 5.82 Å². The van der Waals surface area contributed by atoms with Gasteiger partial charge < -0.3 is 4.74 Å². The van der Waals surface area contributed by atoms with E-state index in [1.165, 1.54) is 7.11 Å². The first kappa shape index (κ1) is 26.3. The number of H-pyrrole nitrogens is 1. The van der Waals surface area contributed by atoms with E-state index in [-0.39, 0.29) is 5.82 Å². The number of rotatable bonds is 6. The third-order valence-electron chi connectivity index (χ3n) is 7.93. The highest BCUT2D eigenvalue weighted by Gasteiger charge is 2.40. The first-order valence-corrected chi connectivity index (χ1v) is 14.1. The standard InChI is InChI=1S/C36H29N5O2/c1-23-19-25(20-24(2)37-23)33-29-21-30-31(39-34(38-30)35(42)43-3)22-32(29)41(40-33)36(26-13-7-4-8-14-26,27-15-9-5-10-16-27)28-17-11-6-12-18-28/h4-22,40H,1-3H3. The Balaban J connectivity index is 1.67.